The van der Waals surface area contributed by atoms with Gasteiger partial charge in [0.1, 0.15) is 28.5 Å². The smallest absolute Gasteiger partial charge is 0.447 e. The summed E-state index contributed by atoms with van der Waals surface area (Å²) in [6, 6.07) is 5.18. The van der Waals surface area contributed by atoms with Crippen molar-refractivity contribution in [3.8, 4) is 17.6 Å². The van der Waals surface area contributed by atoms with Gasteiger partial charge in [-0.1, -0.05) is 5.92 Å². The van der Waals surface area contributed by atoms with Crippen molar-refractivity contribution in [1.82, 2.24) is 19.6 Å². The molecule has 40 heavy (non-hydrogen) atoms. The number of pyridine rings is 1. The van der Waals surface area contributed by atoms with E-state index >= 15 is 0 Å². The summed E-state index contributed by atoms with van der Waals surface area (Å²) in [5, 5.41) is 7.99. The highest BCUT2D eigenvalue weighted by atomic mass is 32.2. The average molecular weight is 583 g/mol. The molecule has 3 aromatic rings. The zero-order valence-electron chi connectivity index (χ0n) is 21.8. The standard InChI is InChI=1S/C26H27F5N6O2S/c1-32-24(38)17-7-6-16(39-3)12-21(17)33-9-4-5-20-25(40-26(29,30)31)37-13-15(27)11-22(23(37)35-20)34-19-8-10-36(2)14-18(19)28/h6-7,11-13,18-19,33-34H,8-10,14H2,1-3H3,(H,32,38)/t18-,19+/m0/s1. The third-order valence-electron chi connectivity index (χ3n) is 6.21. The van der Waals surface area contributed by atoms with Crippen molar-refractivity contribution in [2.24, 2.45) is 0 Å². The van der Waals surface area contributed by atoms with Crippen molar-refractivity contribution >= 4 is 34.7 Å². The molecule has 4 rings (SSSR count). The number of thioether (sulfide) groups is 1. The Bertz CT molecular complexity index is 1450. The van der Waals surface area contributed by atoms with E-state index in [9.17, 15) is 26.7 Å². The van der Waals surface area contributed by atoms with Gasteiger partial charge in [0.25, 0.3) is 5.91 Å². The van der Waals surface area contributed by atoms with Crippen molar-refractivity contribution in [2.45, 2.75) is 29.2 Å². The lowest BCUT2D eigenvalue weighted by atomic mass is 10.0. The number of amides is 1. The molecule has 14 heteroatoms. The van der Waals surface area contributed by atoms with E-state index in [-0.39, 0.29) is 36.0 Å². The van der Waals surface area contributed by atoms with Crippen LogP contribution in [0.3, 0.4) is 0 Å². The number of benzene rings is 1. The number of imidazole rings is 1. The molecule has 1 fully saturated rings. The maximum atomic E-state index is 14.6. The molecule has 214 valence electrons. The lowest BCUT2D eigenvalue weighted by molar-refractivity contribution is -0.0330. The Hall–Kier alpha value is -3.70. The first-order chi connectivity index (χ1) is 19.0. The fraction of sp³-hybridized carbons (Fsp3) is 0.385. The number of halogens is 5. The molecule has 0 bridgehead atoms. The van der Waals surface area contributed by atoms with Crippen molar-refractivity contribution in [1.29, 1.82) is 0 Å². The monoisotopic (exact) mass is 582 g/mol. The highest BCUT2D eigenvalue weighted by molar-refractivity contribution is 8.00. The summed E-state index contributed by atoms with van der Waals surface area (Å²) in [7, 11) is 4.73. The lowest BCUT2D eigenvalue weighted by Gasteiger charge is -2.33. The van der Waals surface area contributed by atoms with E-state index in [2.05, 4.69) is 32.8 Å². The maximum absolute atomic E-state index is 14.6. The van der Waals surface area contributed by atoms with Crippen LogP contribution < -0.4 is 20.7 Å². The van der Waals surface area contributed by atoms with Gasteiger partial charge >= 0.3 is 5.51 Å². The number of ether oxygens (including phenoxy) is 1. The summed E-state index contributed by atoms with van der Waals surface area (Å²) in [4.78, 5) is 18.3. The number of aromatic nitrogens is 2. The van der Waals surface area contributed by atoms with E-state index in [1.165, 1.54) is 14.2 Å². The van der Waals surface area contributed by atoms with E-state index < -0.39 is 40.3 Å². The lowest BCUT2D eigenvalue weighted by Crippen LogP contribution is -2.46. The summed E-state index contributed by atoms with van der Waals surface area (Å²) in [5.74, 6) is 4.65. The molecule has 0 radical (unpaired) electrons. The molecule has 2 aromatic heterocycles. The summed E-state index contributed by atoms with van der Waals surface area (Å²) in [6.07, 6.45) is 0.0484. The van der Waals surface area contributed by atoms with Gasteiger partial charge in [0.05, 0.1) is 36.6 Å². The van der Waals surface area contributed by atoms with Gasteiger partial charge in [-0.3, -0.25) is 9.20 Å². The topological polar surface area (TPSA) is 82.9 Å². The van der Waals surface area contributed by atoms with Crippen molar-refractivity contribution in [3.63, 3.8) is 0 Å². The number of nitrogens with zero attached hydrogens (tertiary/aromatic N) is 3. The molecule has 0 unspecified atom stereocenters. The molecular weight excluding hydrogens is 555 g/mol. The fourth-order valence-corrected chi connectivity index (χ4v) is 4.95. The largest absolute Gasteiger partial charge is 0.497 e. The number of hydrogen-bond acceptors (Lipinski definition) is 7. The zero-order valence-corrected chi connectivity index (χ0v) is 22.6. The van der Waals surface area contributed by atoms with Gasteiger partial charge in [-0.25, -0.2) is 13.8 Å². The average Bonchev–Trinajstić information content (AvgIpc) is 3.23. The SMILES string of the molecule is CNC(=O)c1ccc(OC)cc1NCC#Cc1nc2c(N[C@@H]3CCN(C)C[C@@H]3F)cc(F)cn2c1SC(F)(F)F. The van der Waals surface area contributed by atoms with Gasteiger partial charge in [0.2, 0.25) is 0 Å². The molecule has 1 aliphatic heterocycles. The second-order valence-electron chi connectivity index (χ2n) is 9.04. The van der Waals surface area contributed by atoms with E-state index in [4.69, 9.17) is 4.74 Å². The third-order valence-corrected chi connectivity index (χ3v) is 7.03. The molecule has 0 aliphatic carbocycles. The molecule has 8 nitrogen and oxygen atoms in total. The summed E-state index contributed by atoms with van der Waals surface area (Å²) < 4.78 is 75.8. The maximum Gasteiger partial charge on any atom is 0.447 e. The Labute approximate surface area is 231 Å². The van der Waals surface area contributed by atoms with Gasteiger partial charge in [-0.2, -0.15) is 13.2 Å². The number of fused-ring (bicyclic) bond motifs is 1. The van der Waals surface area contributed by atoms with Gasteiger partial charge in [-0.15, -0.1) is 0 Å². The number of methoxy groups -OCH3 is 1. The van der Waals surface area contributed by atoms with Gasteiger partial charge in [-0.05, 0) is 31.5 Å². The Morgan fingerprint density at radius 3 is 2.73 bits per heavy atom. The van der Waals surface area contributed by atoms with E-state index in [1.54, 1.807) is 25.2 Å². The minimum Gasteiger partial charge on any atom is -0.497 e. The van der Waals surface area contributed by atoms with Crippen LogP contribution in [0.4, 0.5) is 33.3 Å². The Morgan fingerprint density at radius 1 is 1.27 bits per heavy atom. The molecule has 1 saturated heterocycles. The predicted molar refractivity (Wildman–Crippen MR) is 143 cm³/mol. The first-order valence-corrected chi connectivity index (χ1v) is 13.0. The highest BCUT2D eigenvalue weighted by Gasteiger charge is 2.34. The van der Waals surface area contributed by atoms with Crippen LogP contribution in [-0.2, 0) is 0 Å². The first-order valence-electron chi connectivity index (χ1n) is 12.2. The number of likely N-dealkylation sites (tertiary alicyclic amines) is 1. The molecule has 0 spiro atoms. The normalized spacial score (nSPS) is 17.7. The summed E-state index contributed by atoms with van der Waals surface area (Å²) in [5.41, 5.74) is -4.15. The van der Waals surface area contributed by atoms with Crippen LogP contribution in [0.5, 0.6) is 5.75 Å². The Kier molecular flexibility index (Phi) is 8.95. The van der Waals surface area contributed by atoms with E-state index in [0.29, 0.717) is 30.0 Å². The first kappa shape index (κ1) is 29.3. The van der Waals surface area contributed by atoms with Gasteiger partial charge in [0, 0.05) is 50.2 Å². The number of anilines is 2. The van der Waals surface area contributed by atoms with Crippen LogP contribution in [0, 0.1) is 17.7 Å². The number of rotatable bonds is 7. The number of carbonyl (C=O) groups excluding carboxylic acids is 1. The van der Waals surface area contributed by atoms with Crippen LogP contribution in [0.25, 0.3) is 5.65 Å². The number of nitrogens with one attached hydrogen (secondary N) is 3. The molecule has 3 N–H and O–H groups in total. The molecule has 3 heterocycles. The molecule has 1 amide bonds. The minimum absolute atomic E-state index is 0.00811. The number of hydrogen-bond donors (Lipinski definition) is 3. The molecule has 1 aliphatic rings. The van der Waals surface area contributed by atoms with Crippen LogP contribution in [0.1, 0.15) is 22.5 Å². The van der Waals surface area contributed by atoms with Crippen molar-refractivity contribution < 1.29 is 31.5 Å². The minimum atomic E-state index is -4.70. The van der Waals surface area contributed by atoms with Gasteiger partial charge < -0.3 is 25.6 Å². The third kappa shape index (κ3) is 6.89. The second-order valence-corrected chi connectivity index (χ2v) is 10.1. The molecule has 1 aromatic carbocycles. The Morgan fingerprint density at radius 2 is 2.05 bits per heavy atom. The van der Waals surface area contributed by atoms with E-state index in [1.807, 2.05) is 4.90 Å². The van der Waals surface area contributed by atoms with Crippen LogP contribution in [0.2, 0.25) is 0 Å². The van der Waals surface area contributed by atoms with Crippen LogP contribution in [0.15, 0.2) is 35.5 Å². The summed E-state index contributed by atoms with van der Waals surface area (Å²) >= 11 is -0.471. The second kappa shape index (κ2) is 12.2. The number of carbonyl (C=O) groups is 1. The molecular formula is C26H27F5N6O2S. The summed E-state index contributed by atoms with van der Waals surface area (Å²) in [6.45, 7) is 0.719. The fourth-order valence-electron chi connectivity index (χ4n) is 4.30. The van der Waals surface area contributed by atoms with Crippen molar-refractivity contribution in [2.75, 3.05) is 51.5 Å². The van der Waals surface area contributed by atoms with Crippen LogP contribution >= 0.6 is 11.8 Å². The number of alkyl halides is 4. The molecule has 0 saturated carbocycles. The number of piperidine rings is 1. The van der Waals surface area contributed by atoms with Gasteiger partial charge in [0.15, 0.2) is 5.65 Å². The Balaban J connectivity index is 1.66. The quantitative estimate of drug-likeness (QED) is 0.217. The predicted octanol–water partition coefficient (Wildman–Crippen LogP) is 4.37. The highest BCUT2D eigenvalue weighted by Crippen LogP contribution is 2.40. The van der Waals surface area contributed by atoms with E-state index in [0.717, 1.165) is 16.7 Å². The van der Waals surface area contributed by atoms with Crippen molar-refractivity contribution in [3.05, 3.63) is 47.5 Å². The molecule has 2 atom stereocenters. The zero-order chi connectivity index (χ0) is 29.0. The van der Waals surface area contributed by atoms with Crippen LogP contribution in [-0.4, -0.2) is 78.8 Å².